The van der Waals surface area contributed by atoms with Crippen LogP contribution < -0.4 is 5.32 Å². The topological polar surface area (TPSA) is 69.6 Å². The number of carbonyl (C=O) groups excluding carboxylic acids is 1. The summed E-state index contributed by atoms with van der Waals surface area (Å²) in [6, 6.07) is -0.684. The van der Waals surface area contributed by atoms with Gasteiger partial charge in [-0.25, -0.2) is 4.79 Å². The molecule has 1 saturated heterocycles. The van der Waals surface area contributed by atoms with Crippen molar-refractivity contribution in [1.29, 1.82) is 0 Å². The van der Waals surface area contributed by atoms with E-state index in [9.17, 15) is 14.7 Å². The third-order valence-corrected chi connectivity index (χ3v) is 4.33. The number of nitrogens with zero attached hydrogens (tertiary/aromatic N) is 1. The average molecular weight is 288 g/mol. The highest BCUT2D eigenvalue weighted by Gasteiger charge is 2.40. The van der Waals surface area contributed by atoms with Crippen LogP contribution in [0.5, 0.6) is 0 Å². The van der Waals surface area contributed by atoms with Gasteiger partial charge in [-0.2, -0.15) is 0 Å². The number of carboxylic acids is 1. The van der Waals surface area contributed by atoms with Crippen LogP contribution in [-0.2, 0) is 9.59 Å². The van der Waals surface area contributed by atoms with E-state index in [-0.39, 0.29) is 23.4 Å². The lowest BCUT2D eigenvalue weighted by molar-refractivity contribution is -0.148. The lowest BCUT2D eigenvalue weighted by Gasteiger charge is -2.29. The van der Waals surface area contributed by atoms with Crippen LogP contribution in [0.3, 0.4) is 0 Å². The number of carbonyl (C=O) groups is 2. The third kappa shape index (κ3) is 4.69. The summed E-state index contributed by atoms with van der Waals surface area (Å²) < 4.78 is 0. The molecule has 0 bridgehead atoms. The molecular weight excluding hydrogens is 264 g/mol. The van der Waals surface area contributed by atoms with Gasteiger partial charge in [-0.1, -0.05) is 13.3 Å². The van der Waals surface area contributed by atoms with E-state index in [2.05, 4.69) is 5.32 Å². The van der Waals surface area contributed by atoms with E-state index in [0.29, 0.717) is 5.75 Å². The van der Waals surface area contributed by atoms with Crippen LogP contribution in [0.2, 0.25) is 0 Å². The number of amides is 1. The quantitative estimate of drug-likeness (QED) is 0.803. The first-order valence-corrected chi connectivity index (χ1v) is 7.71. The Morgan fingerprint density at radius 3 is 2.53 bits per heavy atom. The van der Waals surface area contributed by atoms with E-state index in [1.54, 1.807) is 16.7 Å². The molecule has 0 radical (unpaired) electrons. The summed E-state index contributed by atoms with van der Waals surface area (Å²) in [7, 11) is 0. The molecule has 1 fully saturated rings. The van der Waals surface area contributed by atoms with Crippen molar-refractivity contribution in [3.63, 3.8) is 0 Å². The second-order valence-electron chi connectivity index (χ2n) is 5.84. The molecule has 0 spiro atoms. The number of rotatable bonds is 5. The first-order chi connectivity index (χ1) is 8.76. The SMILES string of the molecule is CCCC1SCC(C(=O)O)N1C(=O)CNC(C)(C)C. The van der Waals surface area contributed by atoms with Crippen molar-refractivity contribution in [1.82, 2.24) is 10.2 Å². The van der Waals surface area contributed by atoms with Gasteiger partial charge < -0.3 is 15.3 Å². The van der Waals surface area contributed by atoms with E-state index < -0.39 is 12.0 Å². The van der Waals surface area contributed by atoms with Gasteiger partial charge in [0.15, 0.2) is 0 Å². The number of carboxylic acid groups (broad SMARTS) is 1. The fraction of sp³-hybridized carbons (Fsp3) is 0.846. The van der Waals surface area contributed by atoms with Gasteiger partial charge in [0, 0.05) is 11.3 Å². The van der Waals surface area contributed by atoms with Crippen molar-refractivity contribution in [2.24, 2.45) is 0 Å². The number of aliphatic carboxylic acids is 1. The second-order valence-corrected chi connectivity index (χ2v) is 7.05. The number of hydrogen-bond donors (Lipinski definition) is 2. The Morgan fingerprint density at radius 2 is 2.05 bits per heavy atom. The molecule has 0 saturated carbocycles. The van der Waals surface area contributed by atoms with Crippen molar-refractivity contribution in [2.45, 2.75) is 57.5 Å². The van der Waals surface area contributed by atoms with Crippen LogP contribution >= 0.6 is 11.8 Å². The largest absolute Gasteiger partial charge is 0.480 e. The zero-order chi connectivity index (χ0) is 14.6. The van der Waals surface area contributed by atoms with E-state index in [0.717, 1.165) is 12.8 Å². The van der Waals surface area contributed by atoms with E-state index in [1.165, 1.54) is 0 Å². The van der Waals surface area contributed by atoms with Crippen LogP contribution in [0.15, 0.2) is 0 Å². The zero-order valence-electron chi connectivity index (χ0n) is 12.1. The van der Waals surface area contributed by atoms with Crippen LogP contribution in [0.4, 0.5) is 0 Å². The predicted octanol–water partition coefficient (Wildman–Crippen LogP) is 1.53. The van der Waals surface area contributed by atoms with Gasteiger partial charge in [-0.05, 0) is 27.2 Å². The first kappa shape index (κ1) is 16.3. The molecule has 1 heterocycles. The fourth-order valence-electron chi connectivity index (χ4n) is 1.99. The second kappa shape index (κ2) is 6.61. The minimum atomic E-state index is -0.907. The van der Waals surface area contributed by atoms with E-state index in [4.69, 9.17) is 0 Å². The van der Waals surface area contributed by atoms with Gasteiger partial charge in [0.2, 0.25) is 5.91 Å². The lowest BCUT2D eigenvalue weighted by atomic mass is 10.1. The van der Waals surface area contributed by atoms with Crippen LogP contribution in [0.1, 0.15) is 40.5 Å². The van der Waals surface area contributed by atoms with Gasteiger partial charge >= 0.3 is 5.97 Å². The number of hydrogen-bond acceptors (Lipinski definition) is 4. The molecule has 0 aromatic carbocycles. The lowest BCUT2D eigenvalue weighted by Crippen LogP contribution is -2.51. The maximum absolute atomic E-state index is 12.3. The minimum Gasteiger partial charge on any atom is -0.480 e. The number of nitrogens with one attached hydrogen (secondary N) is 1. The summed E-state index contributed by atoms with van der Waals surface area (Å²) in [6.45, 7) is 8.18. The molecule has 110 valence electrons. The molecule has 1 aliphatic heterocycles. The molecule has 0 aromatic rings. The fourth-order valence-corrected chi connectivity index (χ4v) is 3.52. The molecule has 2 N–H and O–H groups in total. The zero-order valence-corrected chi connectivity index (χ0v) is 12.9. The number of thioether (sulfide) groups is 1. The van der Waals surface area contributed by atoms with Crippen LogP contribution in [0, 0.1) is 0 Å². The van der Waals surface area contributed by atoms with E-state index >= 15 is 0 Å². The van der Waals surface area contributed by atoms with Crippen molar-refractivity contribution in [2.75, 3.05) is 12.3 Å². The maximum Gasteiger partial charge on any atom is 0.327 e. The normalized spacial score (nSPS) is 23.7. The minimum absolute atomic E-state index is 0.000341. The molecule has 2 unspecified atom stereocenters. The van der Waals surface area contributed by atoms with Gasteiger partial charge in [0.05, 0.1) is 11.9 Å². The standard InChI is InChI=1S/C13H24N2O3S/c1-5-6-11-15(9(8-19-11)12(17)18)10(16)7-14-13(2,3)4/h9,11,14H,5-8H2,1-4H3,(H,17,18). The Kier molecular flexibility index (Phi) is 5.67. The van der Waals surface area contributed by atoms with Gasteiger partial charge in [0.1, 0.15) is 6.04 Å². The molecule has 6 heteroatoms. The average Bonchev–Trinajstić information content (AvgIpc) is 2.69. The molecular formula is C13H24N2O3S. The van der Waals surface area contributed by atoms with Gasteiger partial charge in [0.25, 0.3) is 0 Å². The summed E-state index contributed by atoms with van der Waals surface area (Å²) in [5, 5.41) is 12.3. The molecule has 2 atom stereocenters. The van der Waals surface area contributed by atoms with Crippen LogP contribution in [-0.4, -0.2) is 51.1 Å². The monoisotopic (exact) mass is 288 g/mol. The summed E-state index contributed by atoms with van der Waals surface area (Å²) in [5.41, 5.74) is -0.151. The van der Waals surface area contributed by atoms with Gasteiger partial charge in [-0.15, -0.1) is 11.8 Å². The molecule has 5 nitrogen and oxygen atoms in total. The van der Waals surface area contributed by atoms with Crippen molar-refractivity contribution < 1.29 is 14.7 Å². The molecule has 1 rings (SSSR count). The summed E-state index contributed by atoms with van der Waals surface area (Å²) in [5.74, 6) is -0.540. The van der Waals surface area contributed by atoms with Crippen molar-refractivity contribution in [3.05, 3.63) is 0 Å². The molecule has 19 heavy (non-hydrogen) atoms. The van der Waals surface area contributed by atoms with Crippen LogP contribution in [0.25, 0.3) is 0 Å². The Morgan fingerprint density at radius 1 is 1.42 bits per heavy atom. The third-order valence-electron chi connectivity index (χ3n) is 2.97. The van der Waals surface area contributed by atoms with Crippen molar-refractivity contribution >= 4 is 23.6 Å². The highest BCUT2D eigenvalue weighted by Crippen LogP contribution is 2.32. The summed E-state index contributed by atoms with van der Waals surface area (Å²) >= 11 is 1.57. The Hall–Kier alpha value is -0.750. The summed E-state index contributed by atoms with van der Waals surface area (Å²) in [4.78, 5) is 25.1. The van der Waals surface area contributed by atoms with Crippen molar-refractivity contribution in [3.8, 4) is 0 Å². The molecule has 1 amide bonds. The molecule has 0 aliphatic carbocycles. The molecule has 1 aliphatic rings. The predicted molar refractivity (Wildman–Crippen MR) is 77.2 cm³/mol. The smallest absolute Gasteiger partial charge is 0.327 e. The Bertz CT molecular complexity index is 341. The Balaban J connectivity index is 2.72. The first-order valence-electron chi connectivity index (χ1n) is 6.67. The Labute approximate surface area is 119 Å². The van der Waals surface area contributed by atoms with Gasteiger partial charge in [-0.3, -0.25) is 4.79 Å². The molecule has 0 aromatic heterocycles. The maximum atomic E-state index is 12.3. The summed E-state index contributed by atoms with van der Waals surface area (Å²) in [6.07, 6.45) is 1.79. The van der Waals surface area contributed by atoms with E-state index in [1.807, 2.05) is 27.7 Å². The highest BCUT2D eigenvalue weighted by molar-refractivity contribution is 8.00. The highest BCUT2D eigenvalue weighted by atomic mass is 32.2.